The van der Waals surface area contributed by atoms with Crippen LogP contribution in [0.15, 0.2) is 59.6 Å². The zero-order valence-electron chi connectivity index (χ0n) is 21.3. The summed E-state index contributed by atoms with van der Waals surface area (Å²) in [6.45, 7) is 4.66. The number of esters is 1. The fourth-order valence-electron chi connectivity index (χ4n) is 7.48. The van der Waals surface area contributed by atoms with Crippen LogP contribution in [-0.2, 0) is 19.1 Å². The van der Waals surface area contributed by atoms with Crippen molar-refractivity contribution in [1.82, 2.24) is 10.3 Å². The van der Waals surface area contributed by atoms with Crippen LogP contribution in [0.1, 0.15) is 57.4 Å². The highest BCUT2D eigenvalue weighted by Gasteiger charge is 2.60. The average molecular weight is 487 g/mol. The molecule has 3 aliphatic carbocycles. The Labute approximate surface area is 212 Å². The lowest BCUT2D eigenvalue weighted by molar-refractivity contribution is -0.147. The van der Waals surface area contributed by atoms with E-state index in [2.05, 4.69) is 41.5 Å². The van der Waals surface area contributed by atoms with Gasteiger partial charge in [-0.25, -0.2) is 0 Å². The highest BCUT2D eigenvalue weighted by Crippen LogP contribution is 2.62. The van der Waals surface area contributed by atoms with Crippen LogP contribution >= 0.6 is 0 Å². The molecule has 1 N–H and O–H groups in total. The number of fused-ring (bicyclic) bond motifs is 4. The summed E-state index contributed by atoms with van der Waals surface area (Å²) in [5, 5.41) is 5.46. The van der Waals surface area contributed by atoms with Crippen molar-refractivity contribution in [2.75, 3.05) is 13.6 Å². The molecule has 0 bridgehead atoms. The third kappa shape index (κ3) is 3.78. The molecule has 1 aromatic heterocycles. The maximum Gasteiger partial charge on any atom is 0.302 e. The normalized spacial score (nSPS) is 33.4. The van der Waals surface area contributed by atoms with Crippen molar-refractivity contribution in [3.05, 3.63) is 65.2 Å². The second kappa shape index (κ2) is 8.84. The number of hydrogen-bond donors (Lipinski definition) is 1. The Morgan fingerprint density at radius 2 is 2.11 bits per heavy atom. The van der Waals surface area contributed by atoms with Crippen LogP contribution in [-0.4, -0.2) is 42.5 Å². The van der Waals surface area contributed by atoms with Gasteiger partial charge in [-0.1, -0.05) is 25.1 Å². The lowest BCUT2D eigenvalue weighted by Gasteiger charge is -2.48. The summed E-state index contributed by atoms with van der Waals surface area (Å²) < 4.78 is 12.7. The number of aromatic nitrogens is 1. The van der Waals surface area contributed by atoms with Gasteiger partial charge in [0.25, 0.3) is 0 Å². The molecular weight excluding hydrogens is 452 g/mol. The van der Waals surface area contributed by atoms with E-state index in [-0.39, 0.29) is 47.1 Å². The Morgan fingerprint density at radius 1 is 1.25 bits per heavy atom. The molecule has 6 heteroatoms. The Kier molecular flexibility index (Phi) is 5.75. The van der Waals surface area contributed by atoms with Gasteiger partial charge >= 0.3 is 5.97 Å². The first-order valence-corrected chi connectivity index (χ1v) is 13.2. The van der Waals surface area contributed by atoms with E-state index < -0.39 is 0 Å². The van der Waals surface area contributed by atoms with Gasteiger partial charge in [-0.2, -0.15) is 0 Å². The van der Waals surface area contributed by atoms with Gasteiger partial charge in [-0.05, 0) is 72.9 Å². The van der Waals surface area contributed by atoms with Gasteiger partial charge in [0.2, 0.25) is 0 Å². The number of rotatable bonds is 4. The summed E-state index contributed by atoms with van der Waals surface area (Å²) in [5.74, 6) is 1.36. The minimum Gasteiger partial charge on any atom is -0.489 e. The van der Waals surface area contributed by atoms with Crippen molar-refractivity contribution in [1.29, 1.82) is 0 Å². The molecule has 1 aromatic carbocycles. The lowest BCUT2D eigenvalue weighted by Crippen LogP contribution is -2.44. The van der Waals surface area contributed by atoms with Crippen molar-refractivity contribution in [3.63, 3.8) is 0 Å². The van der Waals surface area contributed by atoms with Crippen LogP contribution in [0.5, 0.6) is 0 Å². The van der Waals surface area contributed by atoms with E-state index in [1.807, 2.05) is 25.5 Å². The monoisotopic (exact) mass is 486 g/mol. The van der Waals surface area contributed by atoms with Gasteiger partial charge in [0, 0.05) is 49.4 Å². The molecule has 6 atom stereocenters. The fraction of sp³-hybridized carbons (Fsp3) is 0.500. The molecule has 1 aliphatic heterocycles. The van der Waals surface area contributed by atoms with Gasteiger partial charge in [0.15, 0.2) is 5.78 Å². The maximum absolute atomic E-state index is 12.9. The standard InChI is InChI=1S/C30H34N2O4/c1-17(33)35-27-14-24-29-21(13-23-25(34)10-18(15-31-3)11-26(23)36-29)6-8-30(24,2)28(27)20-4-5-22-16-32-9-7-19(22)12-20/h4-5,7,9,12-13,16,18,24,27-29,31H,6,8,10-11,14-15H2,1-3H3/t18?,24-,27?,28-,29+,30-/m0/s1. The summed E-state index contributed by atoms with van der Waals surface area (Å²) in [5.41, 5.74) is 3.12. The number of nitrogens with one attached hydrogen (secondary N) is 1. The molecule has 2 unspecified atom stereocenters. The summed E-state index contributed by atoms with van der Waals surface area (Å²) in [6.07, 6.45) is 9.55. The van der Waals surface area contributed by atoms with Crippen molar-refractivity contribution in [2.24, 2.45) is 17.3 Å². The minimum absolute atomic E-state index is 0.0728. The average Bonchev–Trinajstić information content (AvgIpc) is 3.14. The van der Waals surface area contributed by atoms with Crippen LogP contribution in [0.2, 0.25) is 0 Å². The van der Waals surface area contributed by atoms with Gasteiger partial charge in [-0.3, -0.25) is 14.6 Å². The Hall–Kier alpha value is -2.99. The molecule has 0 radical (unpaired) electrons. The summed E-state index contributed by atoms with van der Waals surface area (Å²) in [7, 11) is 1.93. The van der Waals surface area contributed by atoms with Gasteiger partial charge in [0.1, 0.15) is 18.0 Å². The molecule has 36 heavy (non-hydrogen) atoms. The molecule has 2 aromatic rings. The first-order valence-electron chi connectivity index (χ1n) is 13.2. The third-order valence-electron chi connectivity index (χ3n) is 9.08. The molecule has 4 aliphatic rings. The molecule has 0 amide bonds. The second-order valence-electron chi connectivity index (χ2n) is 11.3. The molecule has 2 heterocycles. The minimum atomic E-state index is -0.240. The van der Waals surface area contributed by atoms with Crippen molar-refractivity contribution >= 4 is 22.5 Å². The predicted molar refractivity (Wildman–Crippen MR) is 137 cm³/mol. The molecule has 6 nitrogen and oxygen atoms in total. The number of carbonyl (C=O) groups is 2. The first kappa shape index (κ1) is 23.4. The van der Waals surface area contributed by atoms with Crippen molar-refractivity contribution in [3.8, 4) is 0 Å². The Balaban J connectivity index is 1.36. The number of pyridine rings is 1. The Morgan fingerprint density at radius 3 is 2.92 bits per heavy atom. The van der Waals surface area contributed by atoms with Gasteiger partial charge < -0.3 is 14.8 Å². The number of nitrogens with zero attached hydrogens (tertiary/aromatic N) is 1. The zero-order valence-corrected chi connectivity index (χ0v) is 21.3. The first-order chi connectivity index (χ1) is 17.4. The molecular formula is C30H34N2O4. The molecule has 188 valence electrons. The zero-order chi connectivity index (χ0) is 25.0. The van der Waals surface area contributed by atoms with E-state index in [0.29, 0.717) is 6.42 Å². The summed E-state index contributed by atoms with van der Waals surface area (Å²) in [4.78, 5) is 29.4. The van der Waals surface area contributed by atoms with Gasteiger partial charge in [0.05, 0.1) is 5.57 Å². The number of carbonyl (C=O) groups excluding carboxylic acids is 2. The van der Waals surface area contributed by atoms with Crippen LogP contribution < -0.4 is 5.32 Å². The van der Waals surface area contributed by atoms with E-state index in [9.17, 15) is 9.59 Å². The van der Waals surface area contributed by atoms with Crippen LogP contribution in [0.4, 0.5) is 0 Å². The van der Waals surface area contributed by atoms with Crippen molar-refractivity contribution < 1.29 is 19.1 Å². The fourth-order valence-corrected chi connectivity index (χ4v) is 7.48. The Bertz CT molecular complexity index is 1300. The molecule has 0 saturated heterocycles. The van der Waals surface area contributed by atoms with Gasteiger partial charge in [-0.15, -0.1) is 0 Å². The smallest absolute Gasteiger partial charge is 0.302 e. The summed E-state index contributed by atoms with van der Waals surface area (Å²) in [6, 6.07) is 8.57. The number of ketones is 1. The lowest BCUT2D eigenvalue weighted by atomic mass is 9.61. The van der Waals surface area contributed by atoms with E-state index in [0.717, 1.165) is 54.3 Å². The van der Waals surface area contributed by atoms with E-state index in [1.165, 1.54) is 18.1 Å². The number of ether oxygens (including phenoxy) is 2. The largest absolute Gasteiger partial charge is 0.489 e. The second-order valence-corrected chi connectivity index (χ2v) is 11.3. The predicted octanol–water partition coefficient (Wildman–Crippen LogP) is 4.85. The third-order valence-corrected chi connectivity index (χ3v) is 9.08. The SMILES string of the molecule is CNCC1CC(=O)C2=C(C1)O[C@@H]1C(=C2)CC[C@]2(C)[C@@H](c3ccc4cnccc4c3)C(OC(C)=O)C[C@@H]12. The molecule has 0 spiro atoms. The number of allylic oxidation sites excluding steroid dienone is 3. The number of benzene rings is 1. The topological polar surface area (TPSA) is 77.5 Å². The highest BCUT2D eigenvalue weighted by atomic mass is 16.5. The van der Waals surface area contributed by atoms with Crippen LogP contribution in [0, 0.1) is 17.3 Å². The molecule has 6 rings (SSSR count). The van der Waals surface area contributed by atoms with E-state index in [4.69, 9.17) is 9.47 Å². The van der Waals surface area contributed by atoms with Crippen LogP contribution in [0.25, 0.3) is 10.8 Å². The maximum atomic E-state index is 12.9. The molecule has 2 saturated carbocycles. The number of hydrogen-bond acceptors (Lipinski definition) is 6. The molecule has 2 fully saturated rings. The van der Waals surface area contributed by atoms with Crippen LogP contribution in [0.3, 0.4) is 0 Å². The number of Topliss-reactive ketones (excluding diaryl/α,β-unsaturated/α-hetero) is 1. The quantitative estimate of drug-likeness (QED) is 0.623. The van der Waals surface area contributed by atoms with E-state index in [1.54, 1.807) is 0 Å². The van der Waals surface area contributed by atoms with Crippen molar-refractivity contribution in [2.45, 2.75) is 64.1 Å². The highest BCUT2D eigenvalue weighted by molar-refractivity contribution is 6.00. The summed E-state index contributed by atoms with van der Waals surface area (Å²) >= 11 is 0. The van der Waals surface area contributed by atoms with E-state index >= 15 is 0 Å².